The number of Topliss-reactive ketones (excluding diaryl/α,β-unsaturated/α-hetero) is 2. The van der Waals surface area contributed by atoms with Gasteiger partial charge in [-0.1, -0.05) is 24.3 Å². The highest BCUT2D eigenvalue weighted by Crippen LogP contribution is 2.32. The van der Waals surface area contributed by atoms with Crippen molar-refractivity contribution in [1.82, 2.24) is 0 Å². The van der Waals surface area contributed by atoms with Gasteiger partial charge in [0.2, 0.25) is 0 Å². The Balaban J connectivity index is 2.04. The second-order valence-corrected chi connectivity index (χ2v) is 5.27. The first-order valence-electron chi connectivity index (χ1n) is 7.20. The lowest BCUT2D eigenvalue weighted by Crippen LogP contribution is -2.08. The highest BCUT2D eigenvalue weighted by Gasteiger charge is 2.32. The van der Waals surface area contributed by atoms with Crippen LogP contribution >= 0.6 is 0 Å². The SMILES string of the molecule is CC(=O)c1ccc(N=C(C#N)C2=C(O)c3ccccc3C2=O)cc1. The van der Waals surface area contributed by atoms with E-state index in [9.17, 15) is 20.0 Å². The van der Waals surface area contributed by atoms with Crippen molar-refractivity contribution >= 4 is 28.7 Å². The number of carbonyl (C=O) groups excluding carboxylic acids is 2. The van der Waals surface area contributed by atoms with Crippen LogP contribution in [0.3, 0.4) is 0 Å². The lowest BCUT2D eigenvalue weighted by Gasteiger charge is -2.01. The third-order valence-corrected chi connectivity index (χ3v) is 3.75. The van der Waals surface area contributed by atoms with Gasteiger partial charge in [-0.3, -0.25) is 9.59 Å². The average Bonchev–Trinajstić information content (AvgIpc) is 2.85. The number of nitrogens with zero attached hydrogens (tertiary/aromatic N) is 2. The molecule has 0 spiro atoms. The summed E-state index contributed by atoms with van der Waals surface area (Å²) in [6.45, 7) is 1.45. The first-order valence-corrected chi connectivity index (χ1v) is 7.20. The van der Waals surface area contributed by atoms with Crippen molar-refractivity contribution in [2.75, 3.05) is 0 Å². The zero-order chi connectivity index (χ0) is 17.3. The zero-order valence-electron chi connectivity index (χ0n) is 12.8. The minimum Gasteiger partial charge on any atom is -0.506 e. The summed E-state index contributed by atoms with van der Waals surface area (Å²) >= 11 is 0. The molecule has 0 amide bonds. The second kappa shape index (κ2) is 5.94. The Kier molecular flexibility index (Phi) is 3.80. The van der Waals surface area contributed by atoms with Crippen molar-refractivity contribution in [2.45, 2.75) is 6.92 Å². The number of aliphatic hydroxyl groups is 1. The van der Waals surface area contributed by atoms with Crippen LogP contribution in [-0.2, 0) is 0 Å². The maximum Gasteiger partial charge on any atom is 0.200 e. The third kappa shape index (κ3) is 2.50. The molecule has 3 rings (SSSR count). The van der Waals surface area contributed by atoms with Gasteiger partial charge in [-0.2, -0.15) is 5.26 Å². The number of allylic oxidation sites excluding steroid dienone is 1. The molecular weight excluding hydrogens is 304 g/mol. The van der Waals surface area contributed by atoms with E-state index >= 15 is 0 Å². The van der Waals surface area contributed by atoms with Gasteiger partial charge in [0.05, 0.1) is 5.69 Å². The highest BCUT2D eigenvalue weighted by atomic mass is 16.3. The maximum atomic E-state index is 12.4. The van der Waals surface area contributed by atoms with E-state index in [1.807, 2.05) is 6.07 Å². The molecular formula is C19H12N2O3. The number of ketones is 2. The van der Waals surface area contributed by atoms with Gasteiger partial charge < -0.3 is 5.11 Å². The second-order valence-electron chi connectivity index (χ2n) is 5.27. The molecule has 0 atom stereocenters. The Hall–Kier alpha value is -3.52. The number of hydrogen-bond donors (Lipinski definition) is 1. The summed E-state index contributed by atoms with van der Waals surface area (Å²) in [5.41, 5.74) is 1.42. The molecule has 0 unspecified atom stereocenters. The molecule has 0 radical (unpaired) electrons. The fraction of sp³-hybridized carbons (Fsp3) is 0.0526. The van der Waals surface area contributed by atoms with Gasteiger partial charge >= 0.3 is 0 Å². The van der Waals surface area contributed by atoms with Crippen LogP contribution in [-0.4, -0.2) is 22.4 Å². The molecule has 2 aromatic carbocycles. The van der Waals surface area contributed by atoms with Crippen LogP contribution in [0.1, 0.15) is 33.2 Å². The van der Waals surface area contributed by atoms with E-state index < -0.39 is 5.78 Å². The molecule has 1 aliphatic rings. The molecule has 0 heterocycles. The standard InChI is InChI=1S/C19H12N2O3/c1-11(22)12-6-8-13(9-7-12)21-16(10-20)17-18(23)14-4-2-3-5-15(14)19(17)24/h2-9,23H,1H3. The molecule has 5 nitrogen and oxygen atoms in total. The largest absolute Gasteiger partial charge is 0.506 e. The van der Waals surface area contributed by atoms with Gasteiger partial charge in [-0.25, -0.2) is 4.99 Å². The van der Waals surface area contributed by atoms with Gasteiger partial charge in [0, 0.05) is 16.7 Å². The molecule has 1 N–H and O–H groups in total. The summed E-state index contributed by atoms with van der Waals surface area (Å²) < 4.78 is 0. The molecule has 0 saturated heterocycles. The molecule has 0 aromatic heterocycles. The number of benzene rings is 2. The normalized spacial score (nSPS) is 13.7. The van der Waals surface area contributed by atoms with E-state index in [0.717, 1.165) is 0 Å². The number of fused-ring (bicyclic) bond motifs is 1. The monoisotopic (exact) mass is 316 g/mol. The minimum absolute atomic E-state index is 0.0761. The quantitative estimate of drug-likeness (QED) is 0.691. The van der Waals surface area contributed by atoms with Crippen molar-refractivity contribution in [3.8, 4) is 6.07 Å². The fourth-order valence-corrected chi connectivity index (χ4v) is 2.52. The van der Waals surface area contributed by atoms with E-state index in [0.29, 0.717) is 22.4 Å². The van der Waals surface area contributed by atoms with Gasteiger partial charge in [0.15, 0.2) is 17.3 Å². The van der Waals surface area contributed by atoms with Crippen LogP contribution in [0.2, 0.25) is 0 Å². The van der Waals surface area contributed by atoms with E-state index in [-0.39, 0.29) is 22.8 Å². The fourth-order valence-electron chi connectivity index (χ4n) is 2.52. The number of aliphatic imine (C=N–C) groups is 1. The summed E-state index contributed by atoms with van der Waals surface area (Å²) in [5.74, 6) is -0.743. The van der Waals surface area contributed by atoms with Crippen molar-refractivity contribution in [2.24, 2.45) is 4.99 Å². The van der Waals surface area contributed by atoms with E-state index in [1.54, 1.807) is 48.5 Å². The van der Waals surface area contributed by atoms with Crippen molar-refractivity contribution in [1.29, 1.82) is 5.26 Å². The lowest BCUT2D eigenvalue weighted by molar-refractivity contribution is 0.101. The van der Waals surface area contributed by atoms with Gasteiger partial charge in [-0.05, 0) is 31.2 Å². The zero-order valence-corrected chi connectivity index (χ0v) is 12.8. The van der Waals surface area contributed by atoms with E-state index in [1.165, 1.54) is 6.92 Å². The topological polar surface area (TPSA) is 90.5 Å². The smallest absolute Gasteiger partial charge is 0.200 e. The molecule has 2 aromatic rings. The molecule has 0 aliphatic heterocycles. The highest BCUT2D eigenvalue weighted by molar-refractivity contribution is 6.39. The summed E-state index contributed by atoms with van der Waals surface area (Å²) in [4.78, 5) is 27.9. The first-order chi connectivity index (χ1) is 11.5. The number of rotatable bonds is 3. The molecule has 1 aliphatic carbocycles. The molecule has 24 heavy (non-hydrogen) atoms. The summed E-state index contributed by atoms with van der Waals surface area (Å²) in [6, 6.07) is 14.8. The summed E-state index contributed by atoms with van der Waals surface area (Å²) in [6.07, 6.45) is 0. The lowest BCUT2D eigenvalue weighted by atomic mass is 10.1. The van der Waals surface area contributed by atoms with E-state index in [2.05, 4.69) is 4.99 Å². The van der Waals surface area contributed by atoms with Crippen molar-refractivity contribution < 1.29 is 14.7 Å². The molecule has 0 fully saturated rings. The van der Waals surface area contributed by atoms with Gasteiger partial charge in [0.25, 0.3) is 0 Å². The Bertz CT molecular complexity index is 961. The van der Waals surface area contributed by atoms with Crippen LogP contribution < -0.4 is 0 Å². The summed E-state index contributed by atoms with van der Waals surface area (Å²) in [5, 5.41) is 19.7. The third-order valence-electron chi connectivity index (χ3n) is 3.75. The summed E-state index contributed by atoms with van der Waals surface area (Å²) in [7, 11) is 0. The van der Waals surface area contributed by atoms with Gasteiger partial charge in [-0.15, -0.1) is 0 Å². The number of aliphatic hydroxyl groups excluding tert-OH is 1. The number of carbonyl (C=O) groups is 2. The maximum absolute atomic E-state index is 12.4. The van der Waals surface area contributed by atoms with Crippen LogP contribution in [0, 0.1) is 11.3 Å². The number of nitriles is 1. The Labute approximate surface area is 138 Å². The molecule has 116 valence electrons. The number of hydrogen-bond acceptors (Lipinski definition) is 5. The van der Waals surface area contributed by atoms with Crippen molar-refractivity contribution in [3.63, 3.8) is 0 Å². The first kappa shape index (κ1) is 15.4. The molecule has 5 heteroatoms. The predicted molar refractivity (Wildman–Crippen MR) is 89.5 cm³/mol. The predicted octanol–water partition coefficient (Wildman–Crippen LogP) is 3.65. The van der Waals surface area contributed by atoms with Crippen LogP contribution in [0.15, 0.2) is 59.1 Å². The van der Waals surface area contributed by atoms with Crippen LogP contribution in [0.25, 0.3) is 5.76 Å². The average molecular weight is 316 g/mol. The Morgan fingerprint density at radius 2 is 1.71 bits per heavy atom. The molecule has 0 bridgehead atoms. The van der Waals surface area contributed by atoms with E-state index in [4.69, 9.17) is 0 Å². The van der Waals surface area contributed by atoms with Crippen LogP contribution in [0.4, 0.5) is 5.69 Å². The minimum atomic E-state index is -0.427. The van der Waals surface area contributed by atoms with Gasteiger partial charge in [0.1, 0.15) is 17.4 Å². The molecule has 0 saturated carbocycles. The van der Waals surface area contributed by atoms with Crippen LogP contribution in [0.5, 0.6) is 0 Å². The Morgan fingerprint density at radius 1 is 1.08 bits per heavy atom. The Morgan fingerprint density at radius 3 is 2.25 bits per heavy atom. The van der Waals surface area contributed by atoms with Crippen molar-refractivity contribution in [3.05, 3.63) is 70.8 Å².